The highest BCUT2D eigenvalue weighted by atomic mass is 35.5. The van der Waals surface area contributed by atoms with Gasteiger partial charge in [-0.15, -0.1) is 11.3 Å². The number of benzene rings is 3. The zero-order valence-corrected chi connectivity index (χ0v) is 24.3. The van der Waals surface area contributed by atoms with E-state index in [4.69, 9.17) is 21.4 Å². The van der Waals surface area contributed by atoms with Crippen molar-refractivity contribution in [2.75, 3.05) is 13.7 Å². The van der Waals surface area contributed by atoms with Gasteiger partial charge in [0, 0.05) is 17.5 Å². The van der Waals surface area contributed by atoms with Crippen LogP contribution in [0.1, 0.15) is 30.1 Å². The number of ether oxygens (including phenoxy) is 1. The third-order valence-electron chi connectivity index (χ3n) is 7.27. The van der Waals surface area contributed by atoms with Crippen LogP contribution in [0.4, 0.5) is 0 Å². The van der Waals surface area contributed by atoms with Crippen molar-refractivity contribution in [2.45, 2.75) is 30.3 Å². The van der Waals surface area contributed by atoms with E-state index in [-0.39, 0.29) is 0 Å². The molecular weight excluding hydrogens is 562 g/mol. The van der Waals surface area contributed by atoms with Crippen LogP contribution in [0.5, 0.6) is 5.75 Å². The van der Waals surface area contributed by atoms with Crippen molar-refractivity contribution in [3.8, 4) is 32.4 Å². The summed E-state index contributed by atoms with van der Waals surface area (Å²) in [6, 6.07) is 29.7. The van der Waals surface area contributed by atoms with Crippen LogP contribution in [0.3, 0.4) is 0 Å². The molecular formula is C31H28ClN3O3S2. The Labute approximate surface area is 244 Å². The Bertz CT molecular complexity index is 1720. The molecule has 204 valence electrons. The molecule has 3 aromatic carbocycles. The minimum absolute atomic E-state index is 0.308. The first-order valence-electron chi connectivity index (χ1n) is 13.1. The molecule has 40 heavy (non-hydrogen) atoms. The molecule has 1 aliphatic rings. The summed E-state index contributed by atoms with van der Waals surface area (Å²) in [4.78, 5) is 4.81. The Balaban J connectivity index is 1.35. The summed E-state index contributed by atoms with van der Waals surface area (Å²) >= 11 is 8.24. The smallest absolute Gasteiger partial charge is 0.168 e. The third-order valence-corrected chi connectivity index (χ3v) is 9.45. The Morgan fingerprint density at radius 3 is 2.55 bits per heavy atom. The van der Waals surface area contributed by atoms with Gasteiger partial charge in [-0.1, -0.05) is 48.0 Å². The number of rotatable bonds is 8. The maximum atomic E-state index is 11.5. The molecule has 3 heterocycles. The predicted molar refractivity (Wildman–Crippen MR) is 161 cm³/mol. The second kappa shape index (κ2) is 11.6. The van der Waals surface area contributed by atoms with Crippen molar-refractivity contribution in [3.05, 3.63) is 107 Å². The van der Waals surface area contributed by atoms with Gasteiger partial charge < -0.3 is 4.74 Å². The highest BCUT2D eigenvalue weighted by molar-refractivity contribution is 7.72. The fourth-order valence-corrected chi connectivity index (χ4v) is 6.99. The lowest BCUT2D eigenvalue weighted by Crippen LogP contribution is -2.23. The van der Waals surface area contributed by atoms with Crippen molar-refractivity contribution in [1.29, 1.82) is 0 Å². The number of hydrogen-bond acceptors (Lipinski definition) is 6. The second-order valence-corrected chi connectivity index (χ2v) is 12.3. The summed E-state index contributed by atoms with van der Waals surface area (Å²) in [6.07, 6.45) is 2.24. The second-order valence-electron chi connectivity index (χ2n) is 9.76. The van der Waals surface area contributed by atoms with E-state index in [2.05, 4.69) is 29.2 Å². The van der Waals surface area contributed by atoms with Crippen LogP contribution < -0.4 is 4.74 Å². The van der Waals surface area contributed by atoms with Crippen LogP contribution in [-0.4, -0.2) is 36.8 Å². The van der Waals surface area contributed by atoms with Gasteiger partial charge in [0.25, 0.3) is 0 Å². The van der Waals surface area contributed by atoms with Crippen LogP contribution in [0, 0.1) is 0 Å². The number of hydrogen-bond donors (Lipinski definition) is 1. The van der Waals surface area contributed by atoms with Crippen molar-refractivity contribution in [3.63, 3.8) is 0 Å². The van der Waals surface area contributed by atoms with E-state index >= 15 is 0 Å². The van der Waals surface area contributed by atoms with Crippen LogP contribution in [0.25, 0.3) is 26.7 Å². The molecule has 9 heteroatoms. The standard InChI is InChI=1S/C31H28ClN3O3S2/c1-38-24-13-11-21(12-14-24)27-10-5-17-34(27)20-23-19-29(35(33-23)28-9-3-2-8-26(28)32)31-16-15-30(39-31)22-6-4-7-25(18-22)40(36)37/h2-4,6-9,11-16,18-19,27,40H,5,10,17,20H2,1H3. The quantitative estimate of drug-likeness (QED) is 0.193. The largest absolute Gasteiger partial charge is 0.497 e. The molecule has 1 saturated heterocycles. The Morgan fingerprint density at radius 2 is 1.77 bits per heavy atom. The molecule has 0 amide bonds. The van der Waals surface area contributed by atoms with Gasteiger partial charge in [-0.25, -0.2) is 13.1 Å². The van der Waals surface area contributed by atoms with Crippen LogP contribution in [0.2, 0.25) is 5.02 Å². The van der Waals surface area contributed by atoms with Gasteiger partial charge >= 0.3 is 0 Å². The highest BCUT2D eigenvalue weighted by Crippen LogP contribution is 2.38. The molecule has 6 nitrogen and oxygen atoms in total. The number of aromatic nitrogens is 2. The van der Waals surface area contributed by atoms with Crippen molar-refractivity contribution in [1.82, 2.24) is 14.7 Å². The van der Waals surface area contributed by atoms with Crippen LogP contribution >= 0.6 is 22.9 Å². The number of likely N-dealkylation sites (tertiary alicyclic amines) is 1. The van der Waals surface area contributed by atoms with E-state index in [9.17, 15) is 8.42 Å². The Hall–Kier alpha value is -3.43. The maximum absolute atomic E-state index is 11.5. The highest BCUT2D eigenvalue weighted by Gasteiger charge is 2.27. The molecule has 1 fully saturated rings. The SMILES string of the molecule is COc1ccc(C2CCCN2Cc2cc(-c3ccc(-c4cccc([SH](=O)=O)c4)s3)n(-c3ccccc3Cl)n2)cc1. The molecule has 1 aliphatic heterocycles. The molecule has 1 unspecified atom stereocenters. The fraction of sp³-hybridized carbons (Fsp3) is 0.194. The third kappa shape index (κ3) is 5.45. The summed E-state index contributed by atoms with van der Waals surface area (Å²) in [6.45, 7) is 1.73. The topological polar surface area (TPSA) is 64.4 Å². The molecule has 0 spiro atoms. The van der Waals surface area contributed by atoms with Gasteiger partial charge in [0.2, 0.25) is 0 Å². The van der Waals surface area contributed by atoms with E-state index < -0.39 is 10.7 Å². The molecule has 6 rings (SSSR count). The minimum Gasteiger partial charge on any atom is -0.497 e. The van der Waals surface area contributed by atoms with E-state index in [0.717, 1.165) is 64.1 Å². The van der Waals surface area contributed by atoms with Crippen molar-refractivity contribution in [2.24, 2.45) is 0 Å². The maximum Gasteiger partial charge on any atom is 0.168 e. The average Bonchev–Trinajstić information content (AvgIpc) is 3.74. The first kappa shape index (κ1) is 26.8. The predicted octanol–water partition coefficient (Wildman–Crippen LogP) is 7.24. The Kier molecular flexibility index (Phi) is 7.76. The van der Waals surface area contributed by atoms with Gasteiger partial charge in [-0.3, -0.25) is 4.90 Å². The van der Waals surface area contributed by atoms with Crippen LogP contribution in [0.15, 0.2) is 95.9 Å². The van der Waals surface area contributed by atoms with E-state index in [1.165, 1.54) is 5.56 Å². The molecule has 0 radical (unpaired) electrons. The number of thiophene rings is 1. The molecule has 0 aliphatic carbocycles. The number of halogens is 1. The van der Waals surface area contributed by atoms with Gasteiger partial charge in [-0.2, -0.15) is 5.10 Å². The molecule has 0 N–H and O–H groups in total. The summed E-state index contributed by atoms with van der Waals surface area (Å²) in [5.41, 5.74) is 4.89. The summed E-state index contributed by atoms with van der Waals surface area (Å²) < 4.78 is 30.4. The first-order chi connectivity index (χ1) is 19.5. The zero-order valence-electron chi connectivity index (χ0n) is 21.9. The van der Waals surface area contributed by atoms with Gasteiger partial charge in [-0.05, 0) is 85.1 Å². The molecule has 1 atom stereocenters. The minimum atomic E-state index is -2.64. The lowest BCUT2D eigenvalue weighted by molar-refractivity contribution is 0.245. The molecule has 2 aromatic heterocycles. The lowest BCUT2D eigenvalue weighted by atomic mass is 10.0. The summed E-state index contributed by atoms with van der Waals surface area (Å²) in [5.74, 6) is 0.861. The first-order valence-corrected chi connectivity index (χ1v) is 15.4. The summed E-state index contributed by atoms with van der Waals surface area (Å²) in [5, 5.41) is 5.68. The fourth-order valence-electron chi connectivity index (χ4n) is 5.32. The number of thiol groups is 1. The average molecular weight is 590 g/mol. The van der Waals surface area contributed by atoms with Gasteiger partial charge in [0.05, 0.1) is 39.0 Å². The monoisotopic (exact) mass is 589 g/mol. The van der Waals surface area contributed by atoms with Gasteiger partial charge in [0.1, 0.15) is 5.75 Å². The van der Waals surface area contributed by atoms with E-state index in [1.54, 1.807) is 36.6 Å². The molecule has 0 bridgehead atoms. The van der Waals surface area contributed by atoms with Crippen molar-refractivity contribution < 1.29 is 13.2 Å². The van der Waals surface area contributed by atoms with E-state index in [1.807, 2.05) is 53.2 Å². The molecule has 5 aromatic rings. The van der Waals surface area contributed by atoms with E-state index in [0.29, 0.717) is 16.0 Å². The summed E-state index contributed by atoms with van der Waals surface area (Å²) in [7, 11) is -0.953. The Morgan fingerprint density at radius 1 is 0.975 bits per heavy atom. The number of methoxy groups -OCH3 is 1. The number of para-hydroxylation sites is 1. The van der Waals surface area contributed by atoms with Gasteiger partial charge in [0.15, 0.2) is 10.7 Å². The van der Waals surface area contributed by atoms with Crippen LogP contribution in [-0.2, 0) is 17.2 Å². The molecule has 0 saturated carbocycles. The number of nitrogens with zero attached hydrogens (tertiary/aromatic N) is 3. The zero-order chi connectivity index (χ0) is 27.6. The van der Waals surface area contributed by atoms with Crippen molar-refractivity contribution >= 4 is 33.6 Å². The lowest BCUT2D eigenvalue weighted by Gasteiger charge is -2.24. The normalized spacial score (nSPS) is 15.6.